The lowest BCUT2D eigenvalue weighted by atomic mass is 9.96. The van der Waals surface area contributed by atoms with Crippen LogP contribution in [0.1, 0.15) is 24.4 Å². The first kappa shape index (κ1) is 19.6. The monoisotopic (exact) mass is 434 g/mol. The molecule has 5 rings (SSSR count). The minimum absolute atomic E-state index is 0.0181. The number of fused-ring (bicyclic) bond motifs is 1. The van der Waals surface area contributed by atoms with E-state index in [1.807, 2.05) is 31.2 Å². The van der Waals surface area contributed by atoms with Crippen LogP contribution in [-0.4, -0.2) is 38.9 Å². The summed E-state index contributed by atoms with van der Waals surface area (Å²) in [5, 5.41) is 3.95. The van der Waals surface area contributed by atoms with Crippen LogP contribution < -0.4 is 10.2 Å². The molecule has 158 valence electrons. The van der Waals surface area contributed by atoms with Crippen molar-refractivity contribution in [2.24, 2.45) is 5.92 Å². The zero-order chi connectivity index (χ0) is 21.2. The predicted octanol–water partition coefficient (Wildman–Crippen LogP) is 3.58. The number of aromatic nitrogens is 4. The summed E-state index contributed by atoms with van der Waals surface area (Å²) >= 11 is 1.58. The van der Waals surface area contributed by atoms with Gasteiger partial charge in [0, 0.05) is 37.0 Å². The lowest BCUT2D eigenvalue weighted by Crippen LogP contribution is -2.40. The molecule has 0 radical (unpaired) electrons. The van der Waals surface area contributed by atoms with Crippen LogP contribution in [0, 0.1) is 12.8 Å². The van der Waals surface area contributed by atoms with Crippen LogP contribution in [-0.2, 0) is 11.3 Å². The van der Waals surface area contributed by atoms with Crippen LogP contribution in [0.25, 0.3) is 21.6 Å². The van der Waals surface area contributed by atoms with E-state index < -0.39 is 0 Å². The Morgan fingerprint density at radius 1 is 1.16 bits per heavy atom. The fourth-order valence-corrected chi connectivity index (χ4v) is 4.76. The normalized spacial score (nSPS) is 14.8. The van der Waals surface area contributed by atoms with E-state index in [0.29, 0.717) is 6.54 Å². The van der Waals surface area contributed by atoms with Gasteiger partial charge in [0.1, 0.15) is 28.2 Å². The molecule has 1 aliphatic heterocycles. The second-order valence-corrected chi connectivity index (χ2v) is 8.59. The SMILES string of the molecule is Cc1ccc(CNC(=O)C2CCN(c3nc4ccc(-c5cncnc5)nc4s3)CC2)o1. The summed E-state index contributed by atoms with van der Waals surface area (Å²) in [6.45, 7) is 3.94. The van der Waals surface area contributed by atoms with Gasteiger partial charge in [-0.1, -0.05) is 11.3 Å². The van der Waals surface area contributed by atoms with Gasteiger partial charge >= 0.3 is 0 Å². The number of thiazole rings is 1. The van der Waals surface area contributed by atoms with Crippen LogP contribution >= 0.6 is 11.3 Å². The smallest absolute Gasteiger partial charge is 0.223 e. The van der Waals surface area contributed by atoms with Gasteiger partial charge in [-0.2, -0.15) is 0 Å². The standard InChI is InChI=1S/C22H22N6O2S/c1-14-2-3-17(30-14)12-25-20(29)15-6-8-28(9-7-15)22-27-19-5-4-18(26-21(19)31-22)16-10-23-13-24-11-16/h2-5,10-11,13,15H,6-9,12H2,1H3,(H,25,29). The highest BCUT2D eigenvalue weighted by atomic mass is 32.1. The number of rotatable bonds is 5. The second-order valence-electron chi connectivity index (χ2n) is 7.64. The minimum atomic E-state index is 0.0181. The molecule has 0 spiro atoms. The van der Waals surface area contributed by atoms with E-state index in [1.165, 1.54) is 6.33 Å². The second kappa shape index (κ2) is 8.43. The zero-order valence-corrected chi connectivity index (χ0v) is 17.9. The molecule has 0 aromatic carbocycles. The maximum absolute atomic E-state index is 12.5. The average molecular weight is 435 g/mol. The Morgan fingerprint density at radius 2 is 1.97 bits per heavy atom. The predicted molar refractivity (Wildman–Crippen MR) is 119 cm³/mol. The Bertz CT molecular complexity index is 1200. The van der Waals surface area contributed by atoms with Crippen molar-refractivity contribution in [2.75, 3.05) is 18.0 Å². The molecule has 1 fully saturated rings. The third-order valence-corrected chi connectivity index (χ3v) is 6.50. The van der Waals surface area contributed by atoms with Crippen molar-refractivity contribution < 1.29 is 9.21 Å². The quantitative estimate of drug-likeness (QED) is 0.513. The number of carbonyl (C=O) groups excluding carboxylic acids is 1. The van der Waals surface area contributed by atoms with E-state index in [-0.39, 0.29) is 11.8 Å². The Balaban J connectivity index is 1.21. The number of piperidine rings is 1. The summed E-state index contributed by atoms with van der Waals surface area (Å²) in [5.41, 5.74) is 2.61. The Hall–Kier alpha value is -3.33. The van der Waals surface area contributed by atoms with Gasteiger partial charge in [-0.05, 0) is 44.0 Å². The molecule has 1 saturated heterocycles. The summed E-state index contributed by atoms with van der Waals surface area (Å²) in [4.78, 5) is 33.3. The Kier molecular flexibility index (Phi) is 5.33. The molecule has 0 aliphatic carbocycles. The lowest BCUT2D eigenvalue weighted by molar-refractivity contribution is -0.125. The summed E-state index contributed by atoms with van der Waals surface area (Å²) in [7, 11) is 0. The highest BCUT2D eigenvalue weighted by Gasteiger charge is 2.26. The van der Waals surface area contributed by atoms with E-state index in [1.54, 1.807) is 23.7 Å². The number of nitrogens with one attached hydrogen (secondary N) is 1. The number of carbonyl (C=O) groups is 1. The highest BCUT2D eigenvalue weighted by Crippen LogP contribution is 2.32. The third-order valence-electron chi connectivity index (χ3n) is 5.47. The van der Waals surface area contributed by atoms with Crippen molar-refractivity contribution in [2.45, 2.75) is 26.3 Å². The van der Waals surface area contributed by atoms with Crippen LogP contribution in [0.2, 0.25) is 0 Å². The van der Waals surface area contributed by atoms with Gasteiger partial charge in [-0.25, -0.2) is 19.9 Å². The van der Waals surface area contributed by atoms with Crippen LogP contribution in [0.15, 0.2) is 47.4 Å². The van der Waals surface area contributed by atoms with Gasteiger partial charge in [0.05, 0.1) is 12.2 Å². The molecular weight excluding hydrogens is 412 g/mol. The van der Waals surface area contributed by atoms with Gasteiger partial charge in [0.2, 0.25) is 5.91 Å². The van der Waals surface area contributed by atoms with Gasteiger partial charge in [0.25, 0.3) is 0 Å². The number of nitrogens with zero attached hydrogens (tertiary/aromatic N) is 5. The molecule has 1 amide bonds. The van der Waals surface area contributed by atoms with E-state index >= 15 is 0 Å². The highest BCUT2D eigenvalue weighted by molar-refractivity contribution is 7.21. The number of pyridine rings is 1. The Labute approximate surface area is 183 Å². The van der Waals surface area contributed by atoms with Crippen molar-refractivity contribution in [1.29, 1.82) is 0 Å². The summed E-state index contributed by atoms with van der Waals surface area (Å²) in [6.07, 6.45) is 6.63. The van der Waals surface area contributed by atoms with Crippen LogP contribution in [0.5, 0.6) is 0 Å². The molecule has 8 nitrogen and oxygen atoms in total. The maximum atomic E-state index is 12.5. The van der Waals surface area contributed by atoms with E-state index in [2.05, 4.69) is 20.2 Å². The van der Waals surface area contributed by atoms with E-state index in [0.717, 1.165) is 64.2 Å². The average Bonchev–Trinajstić information content (AvgIpc) is 3.43. The number of hydrogen-bond acceptors (Lipinski definition) is 8. The molecule has 0 unspecified atom stereocenters. The van der Waals surface area contributed by atoms with Crippen LogP contribution in [0.4, 0.5) is 5.13 Å². The number of furan rings is 1. The molecular formula is C22H22N6O2S. The Morgan fingerprint density at radius 3 is 2.71 bits per heavy atom. The molecule has 5 heterocycles. The molecule has 0 atom stereocenters. The fraction of sp³-hybridized carbons (Fsp3) is 0.318. The maximum Gasteiger partial charge on any atom is 0.223 e. The first-order valence-electron chi connectivity index (χ1n) is 10.3. The third kappa shape index (κ3) is 4.27. The van der Waals surface area contributed by atoms with Gasteiger partial charge in [-0.3, -0.25) is 4.79 Å². The number of aryl methyl sites for hydroxylation is 1. The molecule has 1 N–H and O–H groups in total. The molecule has 4 aromatic heterocycles. The first-order valence-corrected chi connectivity index (χ1v) is 11.1. The minimum Gasteiger partial charge on any atom is -0.465 e. The van der Waals surface area contributed by atoms with Gasteiger partial charge < -0.3 is 14.6 Å². The largest absolute Gasteiger partial charge is 0.465 e. The number of hydrogen-bond donors (Lipinski definition) is 1. The molecule has 9 heteroatoms. The first-order chi connectivity index (χ1) is 15.2. The number of anilines is 1. The zero-order valence-electron chi connectivity index (χ0n) is 17.1. The van der Waals surface area contributed by atoms with Crippen molar-refractivity contribution in [1.82, 2.24) is 25.3 Å². The van der Waals surface area contributed by atoms with Crippen molar-refractivity contribution in [3.8, 4) is 11.3 Å². The summed E-state index contributed by atoms with van der Waals surface area (Å²) in [5.74, 6) is 1.75. The van der Waals surface area contributed by atoms with Crippen molar-refractivity contribution in [3.05, 3.63) is 54.5 Å². The van der Waals surface area contributed by atoms with Crippen molar-refractivity contribution >= 4 is 32.7 Å². The fourth-order valence-electron chi connectivity index (χ4n) is 3.76. The van der Waals surface area contributed by atoms with E-state index in [9.17, 15) is 4.79 Å². The van der Waals surface area contributed by atoms with Crippen molar-refractivity contribution in [3.63, 3.8) is 0 Å². The summed E-state index contributed by atoms with van der Waals surface area (Å²) < 4.78 is 5.52. The molecule has 0 bridgehead atoms. The van der Waals surface area contributed by atoms with Gasteiger partial charge in [-0.15, -0.1) is 0 Å². The van der Waals surface area contributed by atoms with Crippen LogP contribution in [0.3, 0.4) is 0 Å². The molecule has 4 aromatic rings. The van der Waals surface area contributed by atoms with E-state index in [4.69, 9.17) is 14.4 Å². The molecule has 0 saturated carbocycles. The summed E-state index contributed by atoms with van der Waals surface area (Å²) in [6, 6.07) is 7.74. The molecule has 31 heavy (non-hydrogen) atoms. The topological polar surface area (TPSA) is 97.0 Å². The van der Waals surface area contributed by atoms with Gasteiger partial charge in [0.15, 0.2) is 5.13 Å². The number of amides is 1. The lowest BCUT2D eigenvalue weighted by Gasteiger charge is -2.30. The molecule has 1 aliphatic rings.